The molecule has 0 saturated carbocycles. The second-order valence-corrected chi connectivity index (χ2v) is 7.71. The maximum absolute atomic E-state index is 12.6. The van der Waals surface area contributed by atoms with Gasteiger partial charge in [-0.05, 0) is 25.2 Å². The van der Waals surface area contributed by atoms with Gasteiger partial charge in [-0.1, -0.05) is 20.3 Å². The highest BCUT2D eigenvalue weighted by atomic mass is 32.2. The van der Waals surface area contributed by atoms with Gasteiger partial charge in [0.2, 0.25) is 10.0 Å². The predicted octanol–water partition coefficient (Wildman–Crippen LogP) is 1.69. The van der Waals surface area contributed by atoms with Crippen LogP contribution in [0, 0.1) is 5.41 Å². The summed E-state index contributed by atoms with van der Waals surface area (Å²) in [6.07, 6.45) is 4.39. The van der Waals surface area contributed by atoms with Gasteiger partial charge in [0.25, 0.3) is 0 Å². The SMILES string of the molecule is CCn1cc(S(=O)(=O)N2CCC(C)(CC)CC2)c(N)n1. The van der Waals surface area contributed by atoms with E-state index in [1.165, 1.54) is 10.5 Å². The van der Waals surface area contributed by atoms with Crippen molar-refractivity contribution in [3.8, 4) is 0 Å². The first-order valence-corrected chi connectivity index (χ1v) is 8.59. The summed E-state index contributed by atoms with van der Waals surface area (Å²) >= 11 is 0. The monoisotopic (exact) mass is 300 g/mol. The van der Waals surface area contributed by atoms with Gasteiger partial charge in [0.1, 0.15) is 4.90 Å². The Hall–Kier alpha value is -1.08. The van der Waals surface area contributed by atoms with E-state index >= 15 is 0 Å². The normalized spacial score (nSPS) is 20.1. The summed E-state index contributed by atoms with van der Waals surface area (Å²) in [6, 6.07) is 0. The molecule has 0 bridgehead atoms. The fraction of sp³-hybridized carbons (Fsp3) is 0.769. The zero-order valence-electron chi connectivity index (χ0n) is 12.5. The Bertz CT molecular complexity index is 571. The third-order valence-corrected chi connectivity index (χ3v) is 6.40. The molecule has 0 radical (unpaired) electrons. The van der Waals surface area contributed by atoms with E-state index in [4.69, 9.17) is 5.73 Å². The molecule has 7 heteroatoms. The van der Waals surface area contributed by atoms with Crippen LogP contribution in [0.2, 0.25) is 0 Å². The van der Waals surface area contributed by atoms with E-state index in [1.807, 2.05) is 6.92 Å². The van der Waals surface area contributed by atoms with Gasteiger partial charge in [0, 0.05) is 25.8 Å². The van der Waals surface area contributed by atoms with E-state index in [0.717, 1.165) is 19.3 Å². The standard InChI is InChI=1S/C13H24N4O2S/c1-4-13(3)6-8-17(9-7-13)20(18,19)11-10-16(5-2)15-12(11)14/h10H,4-9H2,1-3H3,(H2,14,15). The van der Waals surface area contributed by atoms with E-state index in [0.29, 0.717) is 19.6 Å². The molecule has 0 atom stereocenters. The summed E-state index contributed by atoms with van der Waals surface area (Å²) in [4.78, 5) is 0.138. The first-order chi connectivity index (χ1) is 9.32. The lowest BCUT2D eigenvalue weighted by atomic mass is 9.79. The van der Waals surface area contributed by atoms with Crippen molar-refractivity contribution in [3.05, 3.63) is 6.20 Å². The molecule has 20 heavy (non-hydrogen) atoms. The topological polar surface area (TPSA) is 81.2 Å². The first-order valence-electron chi connectivity index (χ1n) is 7.15. The fourth-order valence-corrected chi connectivity index (χ4v) is 4.04. The van der Waals surface area contributed by atoms with Crippen LogP contribution in [0.1, 0.15) is 40.0 Å². The van der Waals surface area contributed by atoms with Crippen LogP contribution in [0.3, 0.4) is 0 Å². The molecule has 0 aliphatic carbocycles. The first kappa shape index (κ1) is 15.3. The van der Waals surface area contributed by atoms with Crippen LogP contribution in [-0.2, 0) is 16.6 Å². The highest BCUT2D eigenvalue weighted by molar-refractivity contribution is 7.89. The van der Waals surface area contributed by atoms with Crippen LogP contribution >= 0.6 is 0 Å². The van der Waals surface area contributed by atoms with E-state index in [-0.39, 0.29) is 16.1 Å². The average Bonchev–Trinajstić information content (AvgIpc) is 2.81. The van der Waals surface area contributed by atoms with Crippen LogP contribution in [0.4, 0.5) is 5.82 Å². The predicted molar refractivity (Wildman–Crippen MR) is 78.7 cm³/mol. The molecular weight excluding hydrogens is 276 g/mol. The second kappa shape index (κ2) is 5.37. The minimum atomic E-state index is -3.52. The van der Waals surface area contributed by atoms with Crippen LogP contribution in [0.25, 0.3) is 0 Å². The summed E-state index contributed by atoms with van der Waals surface area (Å²) in [5, 5.41) is 4.02. The highest BCUT2D eigenvalue weighted by Gasteiger charge is 2.35. The van der Waals surface area contributed by atoms with Gasteiger partial charge in [-0.2, -0.15) is 9.40 Å². The summed E-state index contributed by atoms with van der Waals surface area (Å²) < 4.78 is 28.4. The number of piperidine rings is 1. The zero-order chi connectivity index (χ0) is 15.0. The van der Waals surface area contributed by atoms with E-state index in [1.54, 1.807) is 4.68 Å². The molecule has 0 spiro atoms. The third kappa shape index (κ3) is 2.69. The van der Waals surface area contributed by atoms with Crippen LogP contribution in [0.15, 0.2) is 11.1 Å². The minimum absolute atomic E-state index is 0.0932. The van der Waals surface area contributed by atoms with Gasteiger partial charge in [0.15, 0.2) is 5.82 Å². The number of nitrogen functional groups attached to an aromatic ring is 1. The van der Waals surface area contributed by atoms with Crippen molar-refractivity contribution in [2.24, 2.45) is 5.41 Å². The number of nitrogens with two attached hydrogens (primary N) is 1. The molecule has 6 nitrogen and oxygen atoms in total. The zero-order valence-corrected chi connectivity index (χ0v) is 13.3. The van der Waals surface area contributed by atoms with Gasteiger partial charge in [-0.25, -0.2) is 8.42 Å². The van der Waals surface area contributed by atoms with Crippen molar-refractivity contribution >= 4 is 15.8 Å². The smallest absolute Gasteiger partial charge is 0.248 e. The largest absolute Gasteiger partial charge is 0.381 e. The number of anilines is 1. The molecule has 2 N–H and O–H groups in total. The maximum atomic E-state index is 12.6. The number of sulfonamides is 1. The van der Waals surface area contributed by atoms with Crippen LogP contribution in [-0.4, -0.2) is 35.6 Å². The summed E-state index contributed by atoms with van der Waals surface area (Å²) in [6.45, 7) is 8.00. The highest BCUT2D eigenvalue weighted by Crippen LogP contribution is 2.36. The van der Waals surface area contributed by atoms with Crippen molar-refractivity contribution in [2.45, 2.75) is 51.5 Å². The van der Waals surface area contributed by atoms with Crippen LogP contribution in [0.5, 0.6) is 0 Å². The molecule has 1 aromatic rings. The number of rotatable bonds is 4. The molecule has 0 unspecified atom stereocenters. The minimum Gasteiger partial charge on any atom is -0.381 e. The molecule has 1 aliphatic heterocycles. The molecule has 114 valence electrons. The molecule has 1 saturated heterocycles. The second-order valence-electron chi connectivity index (χ2n) is 5.80. The number of hydrogen-bond acceptors (Lipinski definition) is 4. The van der Waals surface area contributed by atoms with Gasteiger partial charge in [-0.15, -0.1) is 0 Å². The lowest BCUT2D eigenvalue weighted by Crippen LogP contribution is -2.41. The molecule has 1 aromatic heterocycles. The van der Waals surface area contributed by atoms with Crippen molar-refractivity contribution < 1.29 is 8.42 Å². The Morgan fingerprint density at radius 3 is 2.40 bits per heavy atom. The van der Waals surface area contributed by atoms with Crippen LogP contribution < -0.4 is 5.73 Å². The maximum Gasteiger partial charge on any atom is 0.248 e. The number of nitrogens with zero attached hydrogens (tertiary/aromatic N) is 3. The van der Waals surface area contributed by atoms with Crippen molar-refractivity contribution in [1.82, 2.24) is 14.1 Å². The van der Waals surface area contributed by atoms with Crippen molar-refractivity contribution in [3.63, 3.8) is 0 Å². The van der Waals surface area contributed by atoms with Gasteiger partial charge in [-0.3, -0.25) is 4.68 Å². The number of aromatic nitrogens is 2. The van der Waals surface area contributed by atoms with E-state index < -0.39 is 10.0 Å². The number of aryl methyl sites for hydroxylation is 1. The Labute approximate surface area is 121 Å². The molecule has 0 amide bonds. The number of hydrogen-bond donors (Lipinski definition) is 1. The Morgan fingerprint density at radius 2 is 1.95 bits per heavy atom. The molecule has 2 rings (SSSR count). The van der Waals surface area contributed by atoms with Crippen molar-refractivity contribution in [2.75, 3.05) is 18.8 Å². The van der Waals surface area contributed by atoms with E-state index in [2.05, 4.69) is 18.9 Å². The van der Waals surface area contributed by atoms with Crippen molar-refractivity contribution in [1.29, 1.82) is 0 Å². The Balaban J connectivity index is 2.21. The van der Waals surface area contributed by atoms with E-state index in [9.17, 15) is 8.42 Å². The fourth-order valence-electron chi connectivity index (χ4n) is 2.54. The summed E-state index contributed by atoms with van der Waals surface area (Å²) in [5.41, 5.74) is 6.01. The Kier molecular flexibility index (Phi) is 4.11. The molecule has 1 fully saturated rings. The molecule has 1 aliphatic rings. The molecular formula is C13H24N4O2S. The summed E-state index contributed by atoms with van der Waals surface area (Å²) in [5.74, 6) is 0.0932. The van der Waals surface area contributed by atoms with Gasteiger partial charge >= 0.3 is 0 Å². The lowest BCUT2D eigenvalue weighted by molar-refractivity contribution is 0.169. The lowest BCUT2D eigenvalue weighted by Gasteiger charge is -2.38. The average molecular weight is 300 g/mol. The Morgan fingerprint density at radius 1 is 1.35 bits per heavy atom. The summed E-state index contributed by atoms with van der Waals surface area (Å²) in [7, 11) is -3.52. The van der Waals surface area contributed by atoms with Gasteiger partial charge in [0.05, 0.1) is 0 Å². The van der Waals surface area contributed by atoms with Gasteiger partial charge < -0.3 is 5.73 Å². The quantitative estimate of drug-likeness (QED) is 0.917. The third-order valence-electron chi connectivity index (χ3n) is 4.48. The molecule has 2 heterocycles. The molecule has 0 aromatic carbocycles.